The van der Waals surface area contributed by atoms with Gasteiger partial charge in [0.2, 0.25) is 0 Å². The molecule has 0 aliphatic heterocycles. The van der Waals surface area contributed by atoms with Crippen molar-refractivity contribution in [3.05, 3.63) is 18.2 Å². The van der Waals surface area contributed by atoms with Crippen molar-refractivity contribution in [3.63, 3.8) is 0 Å². The highest BCUT2D eigenvalue weighted by molar-refractivity contribution is 7.90. The number of anilines is 2. The van der Waals surface area contributed by atoms with Crippen molar-refractivity contribution in [3.8, 4) is 0 Å². The van der Waals surface area contributed by atoms with E-state index >= 15 is 0 Å². The lowest BCUT2D eigenvalue weighted by Crippen LogP contribution is -2.26. The summed E-state index contributed by atoms with van der Waals surface area (Å²) < 4.78 is 23.0. The van der Waals surface area contributed by atoms with E-state index in [1.165, 1.54) is 31.9 Å². The van der Waals surface area contributed by atoms with Gasteiger partial charge in [0.05, 0.1) is 16.3 Å². The molecule has 21 heavy (non-hydrogen) atoms. The molecule has 0 unspecified atom stereocenters. The van der Waals surface area contributed by atoms with E-state index in [9.17, 15) is 8.42 Å². The molecule has 0 atom stereocenters. The molecule has 0 radical (unpaired) electrons. The summed E-state index contributed by atoms with van der Waals surface area (Å²) in [4.78, 5) is 0.275. The van der Waals surface area contributed by atoms with Gasteiger partial charge in [-0.1, -0.05) is 19.8 Å². The summed E-state index contributed by atoms with van der Waals surface area (Å²) in [7, 11) is -3.20. The molecule has 0 heterocycles. The highest BCUT2D eigenvalue weighted by Crippen LogP contribution is 2.31. The maximum Gasteiger partial charge on any atom is 0.175 e. The SMILES string of the molecule is CCCC1CCC(Nc2ccc(S(C)(=O)=O)cc2N)CC1. The number of nitrogen functional groups attached to an aromatic ring is 1. The zero-order valence-electron chi connectivity index (χ0n) is 12.9. The Morgan fingerprint density at radius 1 is 1.24 bits per heavy atom. The first-order valence-electron chi connectivity index (χ1n) is 7.76. The zero-order valence-corrected chi connectivity index (χ0v) is 13.7. The van der Waals surface area contributed by atoms with Crippen LogP contribution in [0.4, 0.5) is 11.4 Å². The molecule has 5 heteroatoms. The molecule has 2 rings (SSSR count). The van der Waals surface area contributed by atoms with Gasteiger partial charge in [0.15, 0.2) is 9.84 Å². The van der Waals surface area contributed by atoms with Gasteiger partial charge in [0.25, 0.3) is 0 Å². The summed E-state index contributed by atoms with van der Waals surface area (Å²) in [6.07, 6.45) is 8.67. The molecule has 0 bridgehead atoms. The molecular formula is C16H26N2O2S. The van der Waals surface area contributed by atoms with Gasteiger partial charge >= 0.3 is 0 Å². The van der Waals surface area contributed by atoms with Crippen molar-refractivity contribution < 1.29 is 8.42 Å². The van der Waals surface area contributed by atoms with Crippen LogP contribution in [0.25, 0.3) is 0 Å². The number of rotatable bonds is 5. The summed E-state index contributed by atoms with van der Waals surface area (Å²) in [5, 5.41) is 3.47. The monoisotopic (exact) mass is 310 g/mol. The van der Waals surface area contributed by atoms with Gasteiger partial charge < -0.3 is 11.1 Å². The van der Waals surface area contributed by atoms with Gasteiger partial charge in [-0.05, 0) is 49.8 Å². The second kappa shape index (κ2) is 6.69. The fourth-order valence-corrected chi connectivity index (χ4v) is 3.78. The summed E-state index contributed by atoms with van der Waals surface area (Å²) in [5.41, 5.74) is 7.34. The molecule has 0 spiro atoms. The van der Waals surface area contributed by atoms with E-state index in [1.54, 1.807) is 18.2 Å². The minimum absolute atomic E-state index is 0.275. The number of hydrogen-bond donors (Lipinski definition) is 2. The van der Waals surface area contributed by atoms with Crippen molar-refractivity contribution in [1.29, 1.82) is 0 Å². The number of sulfone groups is 1. The summed E-state index contributed by atoms with van der Waals surface area (Å²) >= 11 is 0. The van der Waals surface area contributed by atoms with Crippen LogP contribution >= 0.6 is 0 Å². The minimum atomic E-state index is -3.20. The van der Waals surface area contributed by atoms with Crippen LogP contribution in [0.1, 0.15) is 45.4 Å². The predicted molar refractivity (Wildman–Crippen MR) is 88.2 cm³/mol. The van der Waals surface area contributed by atoms with Crippen molar-refractivity contribution in [2.45, 2.75) is 56.4 Å². The standard InChI is InChI=1S/C16H26N2O2S/c1-3-4-12-5-7-13(8-6-12)18-16-10-9-14(11-15(16)17)21(2,19)20/h9-13,18H,3-8,17H2,1-2H3. The third kappa shape index (κ3) is 4.37. The van der Waals surface area contributed by atoms with Gasteiger partial charge in [-0.3, -0.25) is 0 Å². The maximum absolute atomic E-state index is 11.5. The summed E-state index contributed by atoms with van der Waals surface area (Å²) in [6.45, 7) is 2.24. The molecule has 1 aliphatic rings. The largest absolute Gasteiger partial charge is 0.397 e. The van der Waals surface area contributed by atoms with Crippen molar-refractivity contribution in [1.82, 2.24) is 0 Å². The average molecular weight is 310 g/mol. The molecule has 118 valence electrons. The normalized spacial score (nSPS) is 23.0. The number of hydrogen-bond acceptors (Lipinski definition) is 4. The highest BCUT2D eigenvalue weighted by atomic mass is 32.2. The lowest BCUT2D eigenvalue weighted by Gasteiger charge is -2.30. The minimum Gasteiger partial charge on any atom is -0.397 e. The van der Waals surface area contributed by atoms with Crippen LogP contribution in [-0.4, -0.2) is 20.7 Å². The van der Waals surface area contributed by atoms with Crippen LogP contribution in [0.5, 0.6) is 0 Å². The number of benzene rings is 1. The Balaban J connectivity index is 1.98. The van der Waals surface area contributed by atoms with Gasteiger partial charge in [0, 0.05) is 12.3 Å². The molecule has 1 fully saturated rings. The Morgan fingerprint density at radius 3 is 2.43 bits per heavy atom. The molecule has 0 amide bonds. The Labute approximate surface area is 128 Å². The molecule has 3 N–H and O–H groups in total. The molecular weight excluding hydrogens is 284 g/mol. The zero-order chi connectivity index (χ0) is 15.5. The summed E-state index contributed by atoms with van der Waals surface area (Å²) in [5.74, 6) is 0.873. The van der Waals surface area contributed by atoms with Crippen LogP contribution in [0.3, 0.4) is 0 Å². The van der Waals surface area contributed by atoms with Crippen molar-refractivity contribution in [2.24, 2.45) is 5.92 Å². The maximum atomic E-state index is 11.5. The second-order valence-corrected chi connectivity index (χ2v) is 8.19. The third-order valence-electron chi connectivity index (χ3n) is 4.35. The molecule has 1 aliphatic carbocycles. The smallest absolute Gasteiger partial charge is 0.175 e. The van der Waals surface area contributed by atoms with E-state index in [4.69, 9.17) is 5.73 Å². The summed E-state index contributed by atoms with van der Waals surface area (Å²) in [6, 6.07) is 5.39. The topological polar surface area (TPSA) is 72.2 Å². The molecule has 4 nitrogen and oxygen atoms in total. The van der Waals surface area contributed by atoms with Gasteiger partial charge in [-0.15, -0.1) is 0 Å². The first kappa shape index (κ1) is 16.1. The van der Waals surface area contributed by atoms with Crippen molar-refractivity contribution >= 4 is 21.2 Å². The van der Waals surface area contributed by atoms with Crippen LogP contribution in [-0.2, 0) is 9.84 Å². The first-order chi connectivity index (χ1) is 9.90. The van der Waals surface area contributed by atoms with E-state index in [-0.39, 0.29) is 4.90 Å². The molecule has 1 aromatic carbocycles. The predicted octanol–water partition coefficient (Wildman–Crippen LogP) is 3.44. The molecule has 0 saturated heterocycles. The van der Waals surface area contributed by atoms with Crippen LogP contribution in [0.2, 0.25) is 0 Å². The average Bonchev–Trinajstić information content (AvgIpc) is 2.42. The molecule has 0 aromatic heterocycles. The second-order valence-electron chi connectivity index (χ2n) is 6.17. The van der Waals surface area contributed by atoms with E-state index in [0.29, 0.717) is 11.7 Å². The molecule has 1 aromatic rings. The van der Waals surface area contributed by atoms with E-state index in [2.05, 4.69) is 12.2 Å². The highest BCUT2D eigenvalue weighted by Gasteiger charge is 2.21. The van der Waals surface area contributed by atoms with Gasteiger partial charge in [-0.25, -0.2) is 8.42 Å². The van der Waals surface area contributed by atoms with Gasteiger partial charge in [0.1, 0.15) is 0 Å². The first-order valence-corrected chi connectivity index (χ1v) is 9.65. The lowest BCUT2D eigenvalue weighted by molar-refractivity contribution is 0.319. The Morgan fingerprint density at radius 2 is 1.90 bits per heavy atom. The van der Waals surface area contributed by atoms with Gasteiger partial charge in [-0.2, -0.15) is 0 Å². The number of nitrogens with one attached hydrogen (secondary N) is 1. The third-order valence-corrected chi connectivity index (χ3v) is 5.46. The van der Waals surface area contributed by atoms with E-state index in [1.807, 2.05) is 0 Å². The van der Waals surface area contributed by atoms with Crippen molar-refractivity contribution in [2.75, 3.05) is 17.3 Å². The Kier molecular flexibility index (Phi) is 5.14. The van der Waals surface area contributed by atoms with E-state index in [0.717, 1.165) is 24.4 Å². The number of nitrogens with two attached hydrogens (primary N) is 1. The quantitative estimate of drug-likeness (QED) is 0.817. The Hall–Kier alpha value is -1.23. The van der Waals surface area contributed by atoms with Crippen LogP contribution in [0.15, 0.2) is 23.1 Å². The fraction of sp³-hybridized carbons (Fsp3) is 0.625. The molecule has 1 saturated carbocycles. The lowest BCUT2D eigenvalue weighted by atomic mass is 9.83. The van der Waals surface area contributed by atoms with E-state index < -0.39 is 9.84 Å². The van der Waals surface area contributed by atoms with Crippen LogP contribution in [0, 0.1) is 5.92 Å². The Bertz CT molecular complexity index is 576. The fourth-order valence-electron chi connectivity index (χ4n) is 3.13. The van der Waals surface area contributed by atoms with Crippen LogP contribution < -0.4 is 11.1 Å².